The molecular formula is C57H42N4. The highest BCUT2D eigenvalue weighted by Crippen LogP contribution is 2.57. The van der Waals surface area contributed by atoms with Crippen LogP contribution in [0, 0.1) is 11.8 Å². The van der Waals surface area contributed by atoms with Crippen LogP contribution in [-0.4, -0.2) is 19.5 Å². The van der Waals surface area contributed by atoms with Gasteiger partial charge in [-0.25, -0.2) is 15.0 Å². The third-order valence-corrected chi connectivity index (χ3v) is 13.3. The standard InChI is InChI=1S/C57H42N4/c1-4-12-38(13-5-1)40-20-24-43(25-21-40)55-58-56(44-26-22-41(23-27-44)39-14-6-2-7-15-39)60-57(59-55)46-29-30-48(42-16-8-3-9-17-42)53(36-46)61-52-19-11-10-18-49(52)50-31-28-45(35-54(50)61)51-34-37-32-47(51)33-37/h1-31,35-37,47,51H,32-34H2. The lowest BCUT2D eigenvalue weighted by atomic mass is 9.81. The highest BCUT2D eigenvalue weighted by molar-refractivity contribution is 6.10. The fourth-order valence-corrected chi connectivity index (χ4v) is 10.1. The lowest BCUT2D eigenvalue weighted by molar-refractivity contribution is 0.294. The number of benzene rings is 8. The average molecular weight is 783 g/mol. The lowest BCUT2D eigenvalue weighted by Gasteiger charge is -2.24. The zero-order chi connectivity index (χ0) is 40.3. The molecule has 0 aliphatic heterocycles. The summed E-state index contributed by atoms with van der Waals surface area (Å²) >= 11 is 0. The van der Waals surface area contributed by atoms with Crippen molar-refractivity contribution in [1.29, 1.82) is 0 Å². The van der Waals surface area contributed by atoms with Gasteiger partial charge in [0.15, 0.2) is 17.5 Å². The predicted molar refractivity (Wildman–Crippen MR) is 250 cm³/mol. The van der Waals surface area contributed by atoms with Gasteiger partial charge in [0.2, 0.25) is 0 Å². The molecule has 1 atom stereocenters. The zero-order valence-corrected chi connectivity index (χ0v) is 33.7. The summed E-state index contributed by atoms with van der Waals surface area (Å²) in [5.74, 6) is 4.27. The molecule has 1 unspecified atom stereocenters. The monoisotopic (exact) mass is 782 g/mol. The molecule has 13 rings (SSSR count). The Morgan fingerprint density at radius 3 is 1.41 bits per heavy atom. The van der Waals surface area contributed by atoms with E-state index in [0.29, 0.717) is 23.4 Å². The first-order chi connectivity index (χ1) is 30.2. The molecule has 0 N–H and O–H groups in total. The van der Waals surface area contributed by atoms with E-state index >= 15 is 0 Å². The van der Waals surface area contributed by atoms with Crippen LogP contribution in [0.25, 0.3) is 95.0 Å². The predicted octanol–water partition coefficient (Wildman–Crippen LogP) is 14.5. The molecule has 4 heteroatoms. The van der Waals surface area contributed by atoms with Crippen LogP contribution in [0.3, 0.4) is 0 Å². The van der Waals surface area contributed by atoms with E-state index in [1.165, 1.54) is 57.8 Å². The van der Waals surface area contributed by atoms with Crippen molar-refractivity contribution >= 4 is 21.8 Å². The number of nitrogens with zero attached hydrogens (tertiary/aromatic N) is 4. The van der Waals surface area contributed by atoms with Crippen molar-refractivity contribution in [3.8, 4) is 73.2 Å². The van der Waals surface area contributed by atoms with Gasteiger partial charge < -0.3 is 4.57 Å². The highest BCUT2D eigenvalue weighted by Gasteiger charge is 2.44. The molecule has 4 nitrogen and oxygen atoms in total. The summed E-state index contributed by atoms with van der Waals surface area (Å²) < 4.78 is 2.49. The first-order valence-corrected chi connectivity index (χ1v) is 21.5. The number of rotatable bonds is 8. The summed E-state index contributed by atoms with van der Waals surface area (Å²) in [6, 6.07) is 71.7. The van der Waals surface area contributed by atoms with E-state index in [-0.39, 0.29) is 0 Å². The van der Waals surface area contributed by atoms with Crippen LogP contribution in [0.2, 0.25) is 0 Å². The van der Waals surface area contributed by atoms with Gasteiger partial charge in [0.05, 0.1) is 16.7 Å². The van der Waals surface area contributed by atoms with E-state index in [2.05, 4.69) is 193 Å². The topological polar surface area (TPSA) is 43.6 Å². The molecule has 3 aliphatic rings. The van der Waals surface area contributed by atoms with Crippen LogP contribution < -0.4 is 0 Å². The Morgan fingerprint density at radius 2 is 0.836 bits per heavy atom. The van der Waals surface area contributed by atoms with Crippen LogP contribution in [0.15, 0.2) is 200 Å². The molecule has 3 aliphatic carbocycles. The minimum Gasteiger partial charge on any atom is -0.309 e. The van der Waals surface area contributed by atoms with Gasteiger partial charge in [-0.2, -0.15) is 0 Å². The van der Waals surface area contributed by atoms with Gasteiger partial charge in [-0.1, -0.05) is 182 Å². The van der Waals surface area contributed by atoms with E-state index < -0.39 is 0 Å². The summed E-state index contributed by atoms with van der Waals surface area (Å²) in [7, 11) is 0. The molecule has 3 fully saturated rings. The average Bonchev–Trinajstić information content (AvgIpc) is 4.05. The fraction of sp³-hybridized carbons (Fsp3) is 0.105. The normalized spacial score (nSPS) is 16.8. The molecule has 0 saturated heterocycles. The Bertz CT molecular complexity index is 3100. The van der Waals surface area contributed by atoms with E-state index in [4.69, 9.17) is 15.0 Å². The van der Waals surface area contributed by atoms with Gasteiger partial charge in [-0.15, -0.1) is 0 Å². The second-order valence-corrected chi connectivity index (χ2v) is 16.9. The minimum absolute atomic E-state index is 0.632. The molecule has 0 radical (unpaired) electrons. The quantitative estimate of drug-likeness (QED) is 0.154. The van der Waals surface area contributed by atoms with Crippen molar-refractivity contribution in [2.24, 2.45) is 11.8 Å². The lowest BCUT2D eigenvalue weighted by Crippen LogP contribution is -2.13. The third kappa shape index (κ3) is 6.34. The molecule has 290 valence electrons. The molecule has 10 aromatic rings. The summed E-state index contributed by atoms with van der Waals surface area (Å²) in [5, 5.41) is 2.53. The minimum atomic E-state index is 0.632. The van der Waals surface area contributed by atoms with Crippen molar-refractivity contribution in [3.05, 3.63) is 206 Å². The van der Waals surface area contributed by atoms with Gasteiger partial charge in [0.25, 0.3) is 0 Å². The molecule has 0 amide bonds. The molecular weight excluding hydrogens is 741 g/mol. The molecule has 0 spiro atoms. The maximum atomic E-state index is 5.26. The van der Waals surface area contributed by atoms with Crippen LogP contribution in [0.1, 0.15) is 30.7 Å². The molecule has 8 aromatic carbocycles. The van der Waals surface area contributed by atoms with Crippen molar-refractivity contribution in [2.75, 3.05) is 0 Å². The first kappa shape index (κ1) is 35.5. The largest absolute Gasteiger partial charge is 0.309 e. The van der Waals surface area contributed by atoms with Gasteiger partial charge in [-0.05, 0) is 88.6 Å². The number of aromatic nitrogens is 4. The Balaban J connectivity index is 1.05. The zero-order valence-electron chi connectivity index (χ0n) is 33.7. The van der Waals surface area contributed by atoms with E-state index in [1.54, 1.807) is 0 Å². The van der Waals surface area contributed by atoms with Crippen molar-refractivity contribution in [1.82, 2.24) is 19.5 Å². The van der Waals surface area contributed by atoms with Crippen molar-refractivity contribution in [2.45, 2.75) is 25.2 Å². The van der Waals surface area contributed by atoms with Gasteiger partial charge in [-0.3, -0.25) is 0 Å². The van der Waals surface area contributed by atoms with Crippen LogP contribution in [0.5, 0.6) is 0 Å². The van der Waals surface area contributed by atoms with Gasteiger partial charge in [0.1, 0.15) is 0 Å². The Kier molecular flexibility index (Phi) is 8.55. The first-order valence-electron chi connectivity index (χ1n) is 21.5. The summed E-state index contributed by atoms with van der Waals surface area (Å²) in [6.45, 7) is 0. The molecule has 2 heterocycles. The van der Waals surface area contributed by atoms with Crippen LogP contribution in [-0.2, 0) is 0 Å². The Labute approximate surface area is 355 Å². The van der Waals surface area contributed by atoms with Crippen molar-refractivity contribution in [3.63, 3.8) is 0 Å². The summed E-state index contributed by atoms with van der Waals surface area (Å²) in [4.78, 5) is 15.7. The second kappa shape index (κ2) is 14.7. The Morgan fingerprint density at radius 1 is 0.361 bits per heavy atom. The molecule has 3 saturated carbocycles. The highest BCUT2D eigenvalue weighted by atomic mass is 15.0. The van der Waals surface area contributed by atoms with Gasteiger partial charge in [0, 0.05) is 33.0 Å². The van der Waals surface area contributed by atoms with Gasteiger partial charge >= 0.3 is 0 Å². The number of fused-ring (bicyclic) bond motifs is 4. The van der Waals surface area contributed by atoms with Crippen molar-refractivity contribution < 1.29 is 0 Å². The SMILES string of the molecule is c1ccc(-c2ccc(-c3nc(-c4ccc(-c5ccccc5)cc4)nc(-c4ccc(-c5ccccc5)c(-n5c6ccccc6c6ccc(C7CC8CC7C8)cc65)c4)n3)cc2)cc1. The van der Waals surface area contributed by atoms with Crippen LogP contribution in [0.4, 0.5) is 0 Å². The number of hydrogen-bond donors (Lipinski definition) is 0. The van der Waals surface area contributed by atoms with Crippen LogP contribution >= 0.6 is 0 Å². The molecule has 2 bridgehead atoms. The maximum absolute atomic E-state index is 5.26. The number of para-hydroxylation sites is 1. The maximum Gasteiger partial charge on any atom is 0.164 e. The molecule has 61 heavy (non-hydrogen) atoms. The van der Waals surface area contributed by atoms with E-state index in [1.807, 2.05) is 12.1 Å². The summed E-state index contributed by atoms with van der Waals surface area (Å²) in [6.07, 6.45) is 4.08. The summed E-state index contributed by atoms with van der Waals surface area (Å²) in [5.41, 5.74) is 14.8. The molecule has 2 aromatic heterocycles. The fourth-order valence-electron chi connectivity index (χ4n) is 10.1. The smallest absolute Gasteiger partial charge is 0.164 e. The Hall–Kier alpha value is -7.43. The third-order valence-electron chi connectivity index (χ3n) is 13.3. The number of hydrogen-bond acceptors (Lipinski definition) is 3. The van der Waals surface area contributed by atoms with E-state index in [0.717, 1.165) is 56.5 Å². The van der Waals surface area contributed by atoms with E-state index in [9.17, 15) is 0 Å². The second-order valence-electron chi connectivity index (χ2n) is 16.9.